The van der Waals surface area contributed by atoms with Crippen LogP contribution in [0.4, 0.5) is 5.82 Å². The van der Waals surface area contributed by atoms with E-state index in [4.69, 9.17) is 5.10 Å². The summed E-state index contributed by atoms with van der Waals surface area (Å²) >= 11 is 1.69. The third-order valence-electron chi connectivity index (χ3n) is 6.09. The third kappa shape index (κ3) is 4.53. The number of aromatic nitrogens is 3. The maximum absolute atomic E-state index is 12.6. The molecule has 32 heavy (non-hydrogen) atoms. The molecule has 4 aromatic rings. The van der Waals surface area contributed by atoms with Crippen LogP contribution < -0.4 is 10.2 Å². The molecule has 3 aromatic heterocycles. The van der Waals surface area contributed by atoms with E-state index >= 15 is 0 Å². The van der Waals surface area contributed by atoms with Crippen molar-refractivity contribution < 1.29 is 4.79 Å². The van der Waals surface area contributed by atoms with E-state index in [1.165, 1.54) is 5.56 Å². The van der Waals surface area contributed by atoms with Crippen molar-refractivity contribution in [2.24, 2.45) is 5.92 Å². The van der Waals surface area contributed by atoms with Gasteiger partial charge < -0.3 is 10.2 Å². The van der Waals surface area contributed by atoms with Gasteiger partial charge in [-0.25, -0.2) is 9.50 Å². The number of fused-ring (bicyclic) bond motifs is 1. The molecule has 1 N–H and O–H groups in total. The number of thiophene rings is 1. The summed E-state index contributed by atoms with van der Waals surface area (Å²) in [5.74, 6) is 1.21. The zero-order valence-electron chi connectivity index (χ0n) is 18.0. The molecule has 0 bridgehead atoms. The van der Waals surface area contributed by atoms with E-state index in [-0.39, 0.29) is 11.8 Å². The van der Waals surface area contributed by atoms with Crippen molar-refractivity contribution in [2.45, 2.75) is 25.7 Å². The van der Waals surface area contributed by atoms with Crippen molar-refractivity contribution in [1.29, 1.82) is 0 Å². The Morgan fingerprint density at radius 3 is 2.75 bits per heavy atom. The second kappa shape index (κ2) is 9.53. The molecule has 6 nitrogen and oxygen atoms in total. The number of aryl methyl sites for hydroxylation is 1. The predicted molar refractivity (Wildman–Crippen MR) is 129 cm³/mol. The molecule has 164 valence electrons. The number of hydrogen-bond donors (Lipinski definition) is 1. The topological polar surface area (TPSA) is 62.5 Å². The van der Waals surface area contributed by atoms with E-state index in [1.807, 2.05) is 22.8 Å². The Hall–Kier alpha value is -3.19. The Kier molecular flexibility index (Phi) is 6.16. The van der Waals surface area contributed by atoms with Gasteiger partial charge in [-0.1, -0.05) is 36.4 Å². The van der Waals surface area contributed by atoms with Gasteiger partial charge in [0.2, 0.25) is 5.91 Å². The molecule has 1 aliphatic heterocycles. The van der Waals surface area contributed by atoms with E-state index in [1.54, 1.807) is 17.5 Å². The molecule has 7 heteroatoms. The van der Waals surface area contributed by atoms with Crippen LogP contribution in [0.2, 0.25) is 0 Å². The minimum absolute atomic E-state index is 0.0781. The van der Waals surface area contributed by atoms with E-state index in [9.17, 15) is 4.79 Å². The van der Waals surface area contributed by atoms with Gasteiger partial charge in [0, 0.05) is 37.9 Å². The van der Waals surface area contributed by atoms with E-state index in [0.717, 1.165) is 67.2 Å². The highest BCUT2D eigenvalue weighted by atomic mass is 32.1. The molecule has 0 aliphatic carbocycles. The van der Waals surface area contributed by atoms with Crippen LogP contribution in [-0.4, -0.2) is 40.1 Å². The summed E-state index contributed by atoms with van der Waals surface area (Å²) in [5, 5.41) is 9.92. The van der Waals surface area contributed by atoms with Crippen molar-refractivity contribution in [3.8, 4) is 10.6 Å². The number of piperidine rings is 1. The fourth-order valence-electron chi connectivity index (χ4n) is 4.34. The molecule has 0 radical (unpaired) electrons. The van der Waals surface area contributed by atoms with E-state index < -0.39 is 0 Å². The Morgan fingerprint density at radius 1 is 1.12 bits per heavy atom. The number of anilines is 1. The lowest BCUT2D eigenvalue weighted by molar-refractivity contribution is -0.125. The third-order valence-corrected chi connectivity index (χ3v) is 6.99. The molecule has 1 aromatic carbocycles. The lowest BCUT2D eigenvalue weighted by Crippen LogP contribution is -2.41. The first kappa shape index (κ1) is 20.7. The van der Waals surface area contributed by atoms with Crippen LogP contribution in [-0.2, 0) is 11.2 Å². The lowest BCUT2D eigenvalue weighted by Gasteiger charge is -2.32. The molecular weight excluding hydrogens is 418 g/mol. The molecular formula is C25H27N5OS. The summed E-state index contributed by atoms with van der Waals surface area (Å²) < 4.78 is 1.91. The number of benzene rings is 1. The largest absolute Gasteiger partial charge is 0.356 e. The van der Waals surface area contributed by atoms with Crippen LogP contribution in [0.3, 0.4) is 0 Å². The Morgan fingerprint density at radius 2 is 1.97 bits per heavy atom. The van der Waals surface area contributed by atoms with Gasteiger partial charge >= 0.3 is 0 Å². The van der Waals surface area contributed by atoms with E-state index in [2.05, 4.69) is 57.0 Å². The fraction of sp³-hybridized carbons (Fsp3) is 0.320. The fourth-order valence-corrected chi connectivity index (χ4v) is 5.02. The van der Waals surface area contributed by atoms with Crippen molar-refractivity contribution in [3.63, 3.8) is 0 Å². The molecule has 0 atom stereocenters. The molecule has 0 unspecified atom stereocenters. The van der Waals surface area contributed by atoms with Gasteiger partial charge in [-0.3, -0.25) is 4.79 Å². The van der Waals surface area contributed by atoms with Crippen molar-refractivity contribution >= 4 is 28.6 Å². The van der Waals surface area contributed by atoms with Gasteiger partial charge in [0.25, 0.3) is 0 Å². The molecule has 0 saturated carbocycles. The van der Waals surface area contributed by atoms with Crippen LogP contribution in [0.25, 0.3) is 16.1 Å². The maximum atomic E-state index is 12.6. The summed E-state index contributed by atoms with van der Waals surface area (Å²) in [6, 6.07) is 16.7. The normalized spacial score (nSPS) is 14.7. The zero-order valence-corrected chi connectivity index (χ0v) is 18.8. The summed E-state index contributed by atoms with van der Waals surface area (Å²) in [5.41, 5.74) is 3.30. The van der Waals surface area contributed by atoms with Crippen LogP contribution in [0.1, 0.15) is 24.8 Å². The number of nitrogens with one attached hydrogen (secondary N) is 1. The van der Waals surface area contributed by atoms with Crippen molar-refractivity contribution in [3.05, 3.63) is 71.9 Å². The van der Waals surface area contributed by atoms with Crippen LogP contribution >= 0.6 is 11.3 Å². The molecule has 1 saturated heterocycles. The maximum Gasteiger partial charge on any atom is 0.223 e. The number of rotatable bonds is 7. The summed E-state index contributed by atoms with van der Waals surface area (Å²) in [6.45, 7) is 2.39. The van der Waals surface area contributed by atoms with Gasteiger partial charge in [-0.2, -0.15) is 5.10 Å². The summed E-state index contributed by atoms with van der Waals surface area (Å²) in [6.07, 6.45) is 7.35. The van der Waals surface area contributed by atoms with Crippen LogP contribution in [0, 0.1) is 5.92 Å². The average Bonchev–Trinajstić information content (AvgIpc) is 3.52. The highest BCUT2D eigenvalue weighted by molar-refractivity contribution is 7.13. The second-order valence-electron chi connectivity index (χ2n) is 8.23. The van der Waals surface area contributed by atoms with Crippen LogP contribution in [0.15, 0.2) is 66.3 Å². The van der Waals surface area contributed by atoms with Crippen LogP contribution in [0.5, 0.6) is 0 Å². The van der Waals surface area contributed by atoms with E-state index in [0.29, 0.717) is 0 Å². The number of nitrogens with zero attached hydrogens (tertiary/aromatic N) is 4. The van der Waals surface area contributed by atoms with Gasteiger partial charge in [-0.15, -0.1) is 11.3 Å². The molecule has 0 spiro atoms. The Labute approximate surface area is 191 Å². The number of hydrogen-bond acceptors (Lipinski definition) is 5. The van der Waals surface area contributed by atoms with Gasteiger partial charge in [0.15, 0.2) is 5.82 Å². The second-order valence-corrected chi connectivity index (χ2v) is 9.18. The van der Waals surface area contributed by atoms with Crippen molar-refractivity contribution in [1.82, 2.24) is 19.9 Å². The molecule has 1 amide bonds. The average molecular weight is 446 g/mol. The monoisotopic (exact) mass is 445 g/mol. The highest BCUT2D eigenvalue weighted by Gasteiger charge is 2.26. The minimum atomic E-state index is 0.0781. The molecule has 5 rings (SSSR count). The van der Waals surface area contributed by atoms with Crippen molar-refractivity contribution in [2.75, 3.05) is 24.5 Å². The predicted octanol–water partition coefficient (Wildman–Crippen LogP) is 4.42. The quantitative estimate of drug-likeness (QED) is 0.428. The number of carbonyl (C=O) groups excluding carboxylic acids is 1. The zero-order chi connectivity index (χ0) is 21.8. The Balaban J connectivity index is 1.16. The summed E-state index contributed by atoms with van der Waals surface area (Å²) in [4.78, 5) is 20.7. The molecule has 4 heterocycles. The number of amides is 1. The Bertz CT molecular complexity index is 1160. The molecule has 1 fully saturated rings. The molecule has 1 aliphatic rings. The summed E-state index contributed by atoms with van der Waals surface area (Å²) in [7, 11) is 0. The first-order valence-electron chi connectivity index (χ1n) is 11.2. The first-order chi connectivity index (χ1) is 15.8. The lowest BCUT2D eigenvalue weighted by atomic mass is 9.95. The SMILES string of the molecule is O=C(NCCCc1ccccc1)C1CCN(c2nccn3nc(-c4cccs4)cc23)CC1. The highest BCUT2D eigenvalue weighted by Crippen LogP contribution is 2.29. The smallest absolute Gasteiger partial charge is 0.223 e. The van der Waals surface area contributed by atoms with Gasteiger partial charge in [0.05, 0.1) is 4.88 Å². The van der Waals surface area contributed by atoms with Gasteiger partial charge in [0.1, 0.15) is 11.2 Å². The number of carbonyl (C=O) groups is 1. The first-order valence-corrected chi connectivity index (χ1v) is 12.1. The minimum Gasteiger partial charge on any atom is -0.356 e. The van der Waals surface area contributed by atoms with Gasteiger partial charge in [-0.05, 0) is 48.8 Å². The standard InChI is InChI=1S/C25H27N5OS/c31-25(27-12-4-8-19-6-2-1-3-7-19)20-10-14-29(15-11-20)24-22-18-21(23-9-5-17-32-23)28-30(22)16-13-26-24/h1-3,5-7,9,13,16-18,20H,4,8,10-12,14-15H2,(H,27,31).